The zero-order valence-electron chi connectivity index (χ0n) is 11.4. The maximum atomic E-state index is 9.72. The van der Waals surface area contributed by atoms with Gasteiger partial charge in [-0.15, -0.1) is 0 Å². The lowest BCUT2D eigenvalue weighted by atomic mass is 9.96. The number of phenols is 2. The number of aromatic hydroxyl groups is 2. The zero-order chi connectivity index (χ0) is 14.7. The van der Waals surface area contributed by atoms with E-state index < -0.39 is 0 Å². The Hall–Kier alpha value is -2.19. The molecule has 1 aliphatic carbocycles. The van der Waals surface area contributed by atoms with Gasteiger partial charge in [-0.3, -0.25) is 0 Å². The first-order chi connectivity index (χ1) is 10.1. The molecule has 0 spiro atoms. The van der Waals surface area contributed by atoms with Gasteiger partial charge in [-0.2, -0.15) is 0 Å². The highest BCUT2D eigenvalue weighted by Gasteiger charge is 2.28. The van der Waals surface area contributed by atoms with Gasteiger partial charge in [-0.1, -0.05) is 24.6 Å². The van der Waals surface area contributed by atoms with Crippen LogP contribution in [-0.4, -0.2) is 10.2 Å². The number of rotatable bonds is 0. The molecule has 0 aliphatic heterocycles. The predicted molar refractivity (Wildman–Crippen MR) is 85.2 cm³/mol. The highest BCUT2D eigenvalue weighted by atomic mass is 35.5. The van der Waals surface area contributed by atoms with E-state index in [0.29, 0.717) is 5.02 Å². The second-order valence-corrected chi connectivity index (χ2v) is 5.93. The lowest BCUT2D eigenvalue weighted by molar-refractivity contribution is 0.474. The van der Waals surface area contributed by atoms with Crippen LogP contribution in [0.4, 0.5) is 0 Å². The molecule has 4 rings (SSSR count). The van der Waals surface area contributed by atoms with Gasteiger partial charge >= 0.3 is 0 Å². The van der Waals surface area contributed by atoms with Gasteiger partial charge in [0.1, 0.15) is 11.5 Å². The molecule has 3 heteroatoms. The minimum atomic E-state index is 0.173. The van der Waals surface area contributed by atoms with Crippen molar-refractivity contribution in [3.63, 3.8) is 0 Å². The molecule has 0 radical (unpaired) electrons. The standard InChI is InChI=1S/C18H13ClO2/c1-9-15-8-12(21)3-5-14(15)17-16(9)7-10-6-11(20)2-4-13(10)18(17)19/h2-9,20-21H,1H3. The molecule has 2 N–H and O–H groups in total. The second-order valence-electron chi connectivity index (χ2n) is 5.55. The van der Waals surface area contributed by atoms with E-state index in [0.717, 1.165) is 33.0 Å². The van der Waals surface area contributed by atoms with Crippen LogP contribution < -0.4 is 0 Å². The molecule has 0 amide bonds. The second kappa shape index (κ2) is 4.15. The number of fused-ring (bicyclic) bond motifs is 4. The average molecular weight is 297 g/mol. The van der Waals surface area contributed by atoms with Crippen LogP contribution in [0, 0.1) is 0 Å². The Labute approximate surface area is 127 Å². The summed E-state index contributed by atoms with van der Waals surface area (Å²) in [5.41, 5.74) is 4.35. The summed E-state index contributed by atoms with van der Waals surface area (Å²) in [6.07, 6.45) is 0. The van der Waals surface area contributed by atoms with Crippen LogP contribution in [0.3, 0.4) is 0 Å². The highest BCUT2D eigenvalue weighted by Crippen LogP contribution is 2.51. The van der Waals surface area contributed by atoms with Gasteiger partial charge in [0.2, 0.25) is 0 Å². The lowest BCUT2D eigenvalue weighted by Gasteiger charge is -2.10. The molecule has 3 aromatic carbocycles. The van der Waals surface area contributed by atoms with Gasteiger partial charge in [-0.25, -0.2) is 0 Å². The van der Waals surface area contributed by atoms with E-state index in [1.54, 1.807) is 24.3 Å². The molecule has 1 unspecified atom stereocenters. The van der Waals surface area contributed by atoms with E-state index in [2.05, 4.69) is 13.0 Å². The van der Waals surface area contributed by atoms with Crippen molar-refractivity contribution in [2.24, 2.45) is 0 Å². The summed E-state index contributed by atoms with van der Waals surface area (Å²) in [7, 11) is 0. The van der Waals surface area contributed by atoms with E-state index in [9.17, 15) is 10.2 Å². The van der Waals surface area contributed by atoms with Crippen LogP contribution in [0.25, 0.3) is 21.9 Å². The molecule has 0 aromatic heterocycles. The number of benzene rings is 3. The first kappa shape index (κ1) is 12.5. The summed E-state index contributed by atoms with van der Waals surface area (Å²) in [6.45, 7) is 2.11. The Morgan fingerprint density at radius 2 is 1.62 bits per heavy atom. The van der Waals surface area contributed by atoms with E-state index in [1.165, 1.54) is 0 Å². The van der Waals surface area contributed by atoms with Gasteiger partial charge in [0.25, 0.3) is 0 Å². The smallest absolute Gasteiger partial charge is 0.116 e. The molecule has 3 aromatic rings. The van der Waals surface area contributed by atoms with Crippen LogP contribution in [0.15, 0.2) is 42.5 Å². The molecule has 0 heterocycles. The van der Waals surface area contributed by atoms with Crippen LogP contribution >= 0.6 is 11.6 Å². The van der Waals surface area contributed by atoms with E-state index in [1.807, 2.05) is 12.1 Å². The van der Waals surface area contributed by atoms with Crippen molar-refractivity contribution in [3.05, 3.63) is 58.6 Å². The fraction of sp³-hybridized carbons (Fsp3) is 0.111. The van der Waals surface area contributed by atoms with Gasteiger partial charge in [0.05, 0.1) is 5.02 Å². The minimum Gasteiger partial charge on any atom is -0.508 e. The van der Waals surface area contributed by atoms with Crippen LogP contribution in [0.1, 0.15) is 24.0 Å². The third-order valence-electron chi connectivity index (χ3n) is 4.33. The van der Waals surface area contributed by atoms with Gasteiger partial charge < -0.3 is 10.2 Å². The fourth-order valence-corrected chi connectivity index (χ4v) is 3.67. The van der Waals surface area contributed by atoms with E-state index >= 15 is 0 Å². The largest absolute Gasteiger partial charge is 0.508 e. The summed E-state index contributed by atoms with van der Waals surface area (Å²) >= 11 is 6.63. The zero-order valence-corrected chi connectivity index (χ0v) is 12.1. The first-order valence-electron chi connectivity index (χ1n) is 6.84. The summed E-state index contributed by atoms with van der Waals surface area (Å²) in [5, 5.41) is 22.0. The summed E-state index contributed by atoms with van der Waals surface area (Å²) in [6, 6.07) is 12.7. The maximum Gasteiger partial charge on any atom is 0.116 e. The Morgan fingerprint density at radius 3 is 2.43 bits per heavy atom. The molecule has 1 atom stereocenters. The number of halogens is 1. The molecule has 0 bridgehead atoms. The Morgan fingerprint density at radius 1 is 0.905 bits per heavy atom. The number of phenolic OH excluding ortho intramolecular Hbond substituents is 2. The van der Waals surface area contributed by atoms with Crippen molar-refractivity contribution >= 4 is 22.4 Å². The summed E-state index contributed by atoms with van der Waals surface area (Å²) in [4.78, 5) is 0. The van der Waals surface area contributed by atoms with E-state index in [-0.39, 0.29) is 17.4 Å². The van der Waals surface area contributed by atoms with Crippen LogP contribution in [0.2, 0.25) is 5.02 Å². The van der Waals surface area contributed by atoms with Crippen LogP contribution in [-0.2, 0) is 0 Å². The molecule has 0 saturated carbocycles. The highest BCUT2D eigenvalue weighted by molar-refractivity contribution is 6.39. The average Bonchev–Trinajstić information content (AvgIpc) is 2.72. The molecule has 1 aliphatic rings. The Kier molecular flexibility index (Phi) is 2.48. The van der Waals surface area contributed by atoms with Crippen molar-refractivity contribution in [3.8, 4) is 22.6 Å². The number of hydrogen-bond donors (Lipinski definition) is 2. The SMILES string of the molecule is CC1c2cc(O)ccc2-c2c1cc1cc(O)ccc1c2Cl. The van der Waals surface area contributed by atoms with Crippen molar-refractivity contribution in [1.29, 1.82) is 0 Å². The first-order valence-corrected chi connectivity index (χ1v) is 7.22. The van der Waals surface area contributed by atoms with Crippen molar-refractivity contribution < 1.29 is 10.2 Å². The molecule has 2 nitrogen and oxygen atoms in total. The molecular formula is C18H13ClO2. The van der Waals surface area contributed by atoms with Gasteiger partial charge in [0, 0.05) is 16.9 Å². The maximum absolute atomic E-state index is 9.72. The van der Waals surface area contributed by atoms with Crippen molar-refractivity contribution in [2.45, 2.75) is 12.8 Å². The molecule has 104 valence electrons. The molecular weight excluding hydrogens is 284 g/mol. The monoisotopic (exact) mass is 296 g/mol. The van der Waals surface area contributed by atoms with Crippen LogP contribution in [0.5, 0.6) is 11.5 Å². The third kappa shape index (κ3) is 1.66. The molecule has 0 fully saturated rings. The van der Waals surface area contributed by atoms with Crippen molar-refractivity contribution in [1.82, 2.24) is 0 Å². The summed E-state index contributed by atoms with van der Waals surface area (Å²) < 4.78 is 0. The topological polar surface area (TPSA) is 40.5 Å². The minimum absolute atomic E-state index is 0.173. The van der Waals surface area contributed by atoms with Crippen molar-refractivity contribution in [2.75, 3.05) is 0 Å². The predicted octanol–water partition coefficient (Wildman–Crippen LogP) is 5.04. The Balaban J connectivity index is 2.12. The van der Waals surface area contributed by atoms with Gasteiger partial charge in [-0.05, 0) is 58.5 Å². The third-order valence-corrected chi connectivity index (χ3v) is 4.72. The fourth-order valence-electron chi connectivity index (χ4n) is 3.29. The number of hydrogen-bond acceptors (Lipinski definition) is 2. The normalized spacial score (nSPS) is 16.0. The Bertz CT molecular complexity index is 899. The quantitative estimate of drug-likeness (QED) is 0.610. The molecule has 21 heavy (non-hydrogen) atoms. The molecule has 0 saturated heterocycles. The van der Waals surface area contributed by atoms with E-state index in [4.69, 9.17) is 11.6 Å². The lowest BCUT2D eigenvalue weighted by Crippen LogP contribution is -1.90. The van der Waals surface area contributed by atoms with Gasteiger partial charge in [0.15, 0.2) is 0 Å². The summed E-state index contributed by atoms with van der Waals surface area (Å²) in [5.74, 6) is 0.678.